The number of aromatic nitrogens is 1. The first-order valence-electron chi connectivity index (χ1n) is 4.63. The van der Waals surface area contributed by atoms with Crippen LogP contribution in [0.3, 0.4) is 0 Å². The molecule has 0 spiro atoms. The molecule has 0 N–H and O–H groups in total. The first-order valence-corrected chi connectivity index (χ1v) is 5.70. The lowest BCUT2D eigenvalue weighted by molar-refractivity contribution is 0.886. The van der Waals surface area contributed by atoms with Crippen molar-refractivity contribution in [1.29, 1.82) is 0 Å². The van der Waals surface area contributed by atoms with Gasteiger partial charge < -0.3 is 0 Å². The van der Waals surface area contributed by atoms with Crippen molar-refractivity contribution in [1.82, 2.24) is 4.98 Å². The fourth-order valence-corrected chi connectivity index (χ4v) is 3.18. The van der Waals surface area contributed by atoms with Gasteiger partial charge >= 0.3 is 0 Å². The summed E-state index contributed by atoms with van der Waals surface area (Å²) in [4.78, 5) is 4.35. The average molecular weight is 179 g/mol. The maximum Gasteiger partial charge on any atom is 0.0602 e. The average Bonchev–Trinajstić information content (AvgIpc) is 2.59. The van der Waals surface area contributed by atoms with Gasteiger partial charge in [0.15, 0.2) is 0 Å². The van der Waals surface area contributed by atoms with Gasteiger partial charge in [0, 0.05) is 6.20 Å². The molecule has 1 aromatic heterocycles. The van der Waals surface area contributed by atoms with Crippen LogP contribution in [-0.4, -0.2) is 10.6 Å². The van der Waals surface area contributed by atoms with Gasteiger partial charge in [0.1, 0.15) is 0 Å². The lowest BCUT2D eigenvalue weighted by Crippen LogP contribution is -2.04. The Kier molecular flexibility index (Phi) is 2.73. The summed E-state index contributed by atoms with van der Waals surface area (Å²) in [5.41, 5.74) is 2.24. The van der Waals surface area contributed by atoms with E-state index in [4.69, 9.17) is 0 Å². The first kappa shape index (κ1) is 8.19. The molecule has 1 aromatic rings. The highest BCUT2D eigenvalue weighted by Gasteiger charge is 2.15. The van der Waals surface area contributed by atoms with Crippen molar-refractivity contribution in [2.24, 2.45) is 0 Å². The molecular weight excluding hydrogens is 165 g/mol. The molecular formula is C10H14NP. The Morgan fingerprint density at radius 2 is 2.08 bits per heavy atom. The zero-order chi connectivity index (χ0) is 8.23. The lowest BCUT2D eigenvalue weighted by atomic mass is 10.4. The van der Waals surface area contributed by atoms with Gasteiger partial charge in [-0.15, -0.1) is 0 Å². The predicted molar refractivity (Wildman–Crippen MR) is 54.4 cm³/mol. The smallest absolute Gasteiger partial charge is 0.0602 e. The van der Waals surface area contributed by atoms with Gasteiger partial charge in [0.25, 0.3) is 0 Å². The summed E-state index contributed by atoms with van der Waals surface area (Å²) in [6, 6.07) is 6.23. The Labute approximate surface area is 75.4 Å². The maximum atomic E-state index is 4.35. The van der Waals surface area contributed by atoms with Gasteiger partial charge in [-0.3, -0.25) is 4.98 Å². The number of nitrogens with zero attached hydrogens (tertiary/aromatic N) is 1. The van der Waals surface area contributed by atoms with Crippen LogP contribution in [0.15, 0.2) is 24.4 Å². The molecule has 1 aliphatic carbocycles. The van der Waals surface area contributed by atoms with Gasteiger partial charge in [-0.25, -0.2) is 0 Å². The summed E-state index contributed by atoms with van der Waals surface area (Å²) in [7, 11) is 0.947. The van der Waals surface area contributed by atoms with Crippen LogP contribution >= 0.6 is 8.58 Å². The van der Waals surface area contributed by atoms with Gasteiger partial charge in [-0.1, -0.05) is 27.5 Å². The third kappa shape index (κ3) is 2.04. The van der Waals surface area contributed by atoms with Crippen molar-refractivity contribution < 1.29 is 0 Å². The van der Waals surface area contributed by atoms with Gasteiger partial charge in [-0.2, -0.15) is 0 Å². The Balaban J connectivity index is 1.94. The highest BCUT2D eigenvalue weighted by atomic mass is 31.1. The summed E-state index contributed by atoms with van der Waals surface area (Å²) in [6.07, 6.45) is 7.62. The van der Waals surface area contributed by atoms with Crippen LogP contribution in [0.1, 0.15) is 25.7 Å². The van der Waals surface area contributed by atoms with E-state index >= 15 is 0 Å². The highest BCUT2D eigenvalue weighted by Crippen LogP contribution is 2.32. The minimum absolute atomic E-state index is 0.944. The van der Waals surface area contributed by atoms with E-state index in [9.17, 15) is 0 Å². The molecule has 2 rings (SSSR count). The number of hydrogen-bond acceptors (Lipinski definition) is 1. The van der Waals surface area contributed by atoms with Crippen LogP contribution in [0, 0.1) is 0 Å². The minimum Gasteiger partial charge on any atom is -0.257 e. The SMILES string of the molecule is c1ccc(PC2CCCC2)nc1. The fourth-order valence-electron chi connectivity index (χ4n) is 1.73. The Morgan fingerprint density at radius 1 is 1.25 bits per heavy atom. The van der Waals surface area contributed by atoms with E-state index in [1.165, 1.54) is 31.1 Å². The zero-order valence-electron chi connectivity index (χ0n) is 7.16. The summed E-state index contributed by atoms with van der Waals surface area (Å²) >= 11 is 0. The predicted octanol–water partition coefficient (Wildman–Crippen LogP) is 2.33. The molecule has 0 bridgehead atoms. The highest BCUT2D eigenvalue weighted by molar-refractivity contribution is 7.47. The van der Waals surface area contributed by atoms with Crippen molar-refractivity contribution in [2.45, 2.75) is 31.3 Å². The van der Waals surface area contributed by atoms with E-state index in [-0.39, 0.29) is 0 Å². The van der Waals surface area contributed by atoms with Gasteiger partial charge in [0.05, 0.1) is 5.44 Å². The van der Waals surface area contributed by atoms with Crippen LogP contribution in [0.25, 0.3) is 0 Å². The summed E-state index contributed by atoms with van der Waals surface area (Å²) < 4.78 is 0. The second-order valence-corrected chi connectivity index (χ2v) is 4.96. The second-order valence-electron chi connectivity index (χ2n) is 3.34. The fraction of sp³-hybridized carbons (Fsp3) is 0.500. The summed E-state index contributed by atoms with van der Waals surface area (Å²) in [5.74, 6) is 0. The number of pyridine rings is 1. The third-order valence-electron chi connectivity index (χ3n) is 2.37. The second kappa shape index (κ2) is 4.00. The third-order valence-corrected chi connectivity index (χ3v) is 3.95. The molecule has 1 nitrogen and oxygen atoms in total. The Hall–Kier alpha value is -0.420. The van der Waals surface area contributed by atoms with Gasteiger partial charge in [0.2, 0.25) is 0 Å². The maximum absolute atomic E-state index is 4.35. The van der Waals surface area contributed by atoms with E-state index in [1.54, 1.807) is 0 Å². The molecule has 1 saturated carbocycles. The molecule has 1 heterocycles. The monoisotopic (exact) mass is 179 g/mol. The van der Waals surface area contributed by atoms with Gasteiger partial charge in [-0.05, 0) is 30.6 Å². The van der Waals surface area contributed by atoms with Crippen LogP contribution in [0.4, 0.5) is 0 Å². The van der Waals surface area contributed by atoms with Crippen molar-refractivity contribution in [3.63, 3.8) is 0 Å². The Bertz CT molecular complexity index is 229. The number of hydrogen-bond donors (Lipinski definition) is 0. The minimum atomic E-state index is 0.944. The standard InChI is InChI=1S/C10H14NP/c1-2-6-9(5-1)12-10-7-3-4-8-11-10/h3-4,7-9,12H,1-2,5-6H2. The molecule has 12 heavy (non-hydrogen) atoms. The van der Waals surface area contributed by atoms with E-state index in [0.29, 0.717) is 0 Å². The first-order chi connectivity index (χ1) is 5.95. The van der Waals surface area contributed by atoms with Crippen molar-refractivity contribution in [3.8, 4) is 0 Å². The van der Waals surface area contributed by atoms with Crippen molar-refractivity contribution in [2.75, 3.05) is 0 Å². The van der Waals surface area contributed by atoms with E-state index in [1.807, 2.05) is 12.3 Å². The molecule has 1 fully saturated rings. The molecule has 0 amide bonds. The molecule has 2 heteroatoms. The van der Waals surface area contributed by atoms with E-state index in [2.05, 4.69) is 17.1 Å². The molecule has 0 radical (unpaired) electrons. The molecule has 1 atom stereocenters. The molecule has 0 saturated heterocycles. The van der Waals surface area contributed by atoms with Crippen LogP contribution in [0.2, 0.25) is 0 Å². The zero-order valence-corrected chi connectivity index (χ0v) is 8.16. The van der Waals surface area contributed by atoms with Crippen molar-refractivity contribution >= 4 is 14.0 Å². The van der Waals surface area contributed by atoms with Crippen LogP contribution in [0.5, 0.6) is 0 Å². The molecule has 1 unspecified atom stereocenters. The van der Waals surface area contributed by atoms with Crippen molar-refractivity contribution in [3.05, 3.63) is 24.4 Å². The number of rotatable bonds is 2. The van der Waals surface area contributed by atoms with Crippen LogP contribution < -0.4 is 5.44 Å². The molecule has 1 aliphatic rings. The summed E-state index contributed by atoms with van der Waals surface area (Å²) in [5, 5.41) is 0. The quantitative estimate of drug-likeness (QED) is 0.635. The van der Waals surface area contributed by atoms with E-state index in [0.717, 1.165) is 14.2 Å². The van der Waals surface area contributed by atoms with E-state index < -0.39 is 0 Å². The topological polar surface area (TPSA) is 12.9 Å². The summed E-state index contributed by atoms with van der Waals surface area (Å²) in [6.45, 7) is 0. The molecule has 64 valence electrons. The molecule has 0 aromatic carbocycles. The lowest BCUT2D eigenvalue weighted by Gasteiger charge is -2.06. The Morgan fingerprint density at radius 3 is 2.75 bits per heavy atom. The molecule has 0 aliphatic heterocycles. The normalized spacial score (nSPS) is 19.3. The van der Waals surface area contributed by atoms with Crippen LogP contribution in [-0.2, 0) is 0 Å². The largest absolute Gasteiger partial charge is 0.257 e.